The van der Waals surface area contributed by atoms with Crippen molar-refractivity contribution in [3.05, 3.63) is 16.1 Å². The van der Waals surface area contributed by atoms with Crippen LogP contribution in [0.4, 0.5) is 0 Å². The number of piperidine rings is 1. The number of hydrogen-bond donors (Lipinski definition) is 1. The van der Waals surface area contributed by atoms with E-state index >= 15 is 0 Å². The molecular formula is C14H25IN4S. The van der Waals surface area contributed by atoms with Gasteiger partial charge >= 0.3 is 0 Å². The van der Waals surface area contributed by atoms with E-state index in [9.17, 15) is 0 Å². The summed E-state index contributed by atoms with van der Waals surface area (Å²) in [7, 11) is 0. The maximum absolute atomic E-state index is 6.10. The molecule has 0 radical (unpaired) electrons. The van der Waals surface area contributed by atoms with Crippen molar-refractivity contribution in [1.82, 2.24) is 9.88 Å². The van der Waals surface area contributed by atoms with Gasteiger partial charge in [0.2, 0.25) is 0 Å². The van der Waals surface area contributed by atoms with E-state index in [1.54, 1.807) is 11.3 Å². The van der Waals surface area contributed by atoms with Crippen LogP contribution in [-0.4, -0.2) is 35.5 Å². The molecule has 0 saturated carbocycles. The Hall–Kier alpha value is -0.370. The number of aromatic nitrogens is 1. The molecule has 1 saturated heterocycles. The number of rotatable bonds is 3. The van der Waals surface area contributed by atoms with Crippen molar-refractivity contribution in [3.8, 4) is 0 Å². The van der Waals surface area contributed by atoms with E-state index in [1.165, 1.54) is 17.7 Å². The fraction of sp³-hybridized carbons (Fsp3) is 0.714. The highest BCUT2D eigenvalue weighted by atomic mass is 127. The fourth-order valence-corrected chi connectivity index (χ4v) is 3.22. The van der Waals surface area contributed by atoms with Crippen molar-refractivity contribution in [3.63, 3.8) is 0 Å². The molecule has 0 amide bonds. The molecule has 0 bridgehead atoms. The van der Waals surface area contributed by atoms with E-state index in [0.29, 0.717) is 11.9 Å². The molecule has 114 valence electrons. The minimum atomic E-state index is 0. The number of nitrogens with zero attached hydrogens (tertiary/aromatic N) is 3. The molecular weight excluding hydrogens is 383 g/mol. The predicted molar refractivity (Wildman–Crippen MR) is 97.1 cm³/mol. The summed E-state index contributed by atoms with van der Waals surface area (Å²) in [6.45, 7) is 9.34. The van der Waals surface area contributed by atoms with Crippen LogP contribution in [0.25, 0.3) is 0 Å². The molecule has 0 aliphatic carbocycles. The SMILES string of the molecule is Cc1cnc(C(C)CN=C(N)N2CCCC(C)C2)s1.I. The quantitative estimate of drug-likeness (QED) is 0.475. The maximum Gasteiger partial charge on any atom is 0.191 e. The van der Waals surface area contributed by atoms with Gasteiger partial charge in [-0.25, -0.2) is 4.98 Å². The Morgan fingerprint density at radius 2 is 2.40 bits per heavy atom. The standard InChI is InChI=1S/C14H24N4S.HI/c1-10-5-4-6-18(9-10)14(15)17-7-11(2)13-16-8-12(3)19-13;/h8,10-11H,4-7,9H2,1-3H3,(H2,15,17);1H. The van der Waals surface area contributed by atoms with Crippen LogP contribution in [0.3, 0.4) is 0 Å². The molecule has 1 aliphatic rings. The van der Waals surface area contributed by atoms with Crippen molar-refractivity contribution in [2.45, 2.75) is 39.5 Å². The summed E-state index contributed by atoms with van der Waals surface area (Å²) in [5, 5.41) is 1.15. The van der Waals surface area contributed by atoms with E-state index in [2.05, 4.69) is 35.6 Å². The molecule has 0 spiro atoms. The molecule has 2 rings (SSSR count). The van der Waals surface area contributed by atoms with Gasteiger partial charge in [0.1, 0.15) is 0 Å². The number of nitrogens with two attached hydrogens (primary N) is 1. The van der Waals surface area contributed by atoms with Crippen molar-refractivity contribution < 1.29 is 0 Å². The lowest BCUT2D eigenvalue weighted by molar-refractivity contribution is 0.270. The van der Waals surface area contributed by atoms with E-state index in [0.717, 1.165) is 30.6 Å². The summed E-state index contributed by atoms with van der Waals surface area (Å²) < 4.78 is 0. The third kappa shape index (κ3) is 4.87. The highest BCUT2D eigenvalue weighted by Crippen LogP contribution is 2.21. The Bertz CT molecular complexity index is 446. The number of aliphatic imine (C=N–C) groups is 1. The lowest BCUT2D eigenvalue weighted by Crippen LogP contribution is -2.43. The Morgan fingerprint density at radius 3 is 3.00 bits per heavy atom. The zero-order chi connectivity index (χ0) is 13.8. The normalized spacial score (nSPS) is 21.4. The zero-order valence-corrected chi connectivity index (χ0v) is 15.6. The van der Waals surface area contributed by atoms with Crippen LogP contribution in [0.15, 0.2) is 11.2 Å². The topological polar surface area (TPSA) is 54.5 Å². The monoisotopic (exact) mass is 408 g/mol. The number of thiazole rings is 1. The number of aryl methyl sites for hydroxylation is 1. The molecule has 4 nitrogen and oxygen atoms in total. The van der Waals surface area contributed by atoms with Gasteiger partial charge in [0.15, 0.2) is 5.96 Å². The molecule has 1 fully saturated rings. The van der Waals surface area contributed by atoms with Crippen molar-refractivity contribution in [2.24, 2.45) is 16.6 Å². The number of hydrogen-bond acceptors (Lipinski definition) is 3. The molecule has 6 heteroatoms. The Morgan fingerprint density at radius 1 is 1.65 bits per heavy atom. The van der Waals surface area contributed by atoms with Gasteiger partial charge in [-0.05, 0) is 25.7 Å². The summed E-state index contributed by atoms with van der Waals surface area (Å²) in [5.74, 6) is 1.77. The molecule has 1 aliphatic heterocycles. The lowest BCUT2D eigenvalue weighted by Gasteiger charge is -2.31. The van der Waals surface area contributed by atoms with Crippen LogP contribution in [0.5, 0.6) is 0 Å². The van der Waals surface area contributed by atoms with Crippen molar-refractivity contribution in [2.75, 3.05) is 19.6 Å². The first-order valence-corrected chi connectivity index (χ1v) is 7.85. The predicted octanol–water partition coefficient (Wildman–Crippen LogP) is 3.22. The van der Waals surface area contributed by atoms with Crippen LogP contribution < -0.4 is 5.73 Å². The zero-order valence-electron chi connectivity index (χ0n) is 12.5. The first-order valence-electron chi connectivity index (χ1n) is 7.03. The van der Waals surface area contributed by atoms with E-state index < -0.39 is 0 Å². The average Bonchev–Trinajstić information content (AvgIpc) is 2.82. The van der Waals surface area contributed by atoms with E-state index in [-0.39, 0.29) is 24.0 Å². The third-order valence-corrected chi connectivity index (χ3v) is 4.71. The second-order valence-electron chi connectivity index (χ2n) is 5.60. The maximum atomic E-state index is 6.10. The van der Waals surface area contributed by atoms with Gasteiger partial charge in [0.05, 0.1) is 11.6 Å². The highest BCUT2D eigenvalue weighted by molar-refractivity contribution is 14.0. The number of halogens is 1. The molecule has 2 unspecified atom stereocenters. The number of likely N-dealkylation sites (tertiary alicyclic amines) is 1. The first-order chi connectivity index (χ1) is 9.06. The Kier molecular flexibility index (Phi) is 7.22. The van der Waals surface area contributed by atoms with Crippen molar-refractivity contribution >= 4 is 41.3 Å². The van der Waals surface area contributed by atoms with Crippen LogP contribution in [0.2, 0.25) is 0 Å². The molecule has 2 atom stereocenters. The largest absolute Gasteiger partial charge is 0.370 e. The Balaban J connectivity index is 0.00000200. The summed E-state index contributed by atoms with van der Waals surface area (Å²) >= 11 is 1.75. The fourth-order valence-electron chi connectivity index (χ4n) is 2.41. The first kappa shape index (κ1) is 17.7. The van der Waals surface area contributed by atoms with Crippen LogP contribution in [0.1, 0.15) is 42.5 Å². The smallest absolute Gasteiger partial charge is 0.191 e. The van der Waals surface area contributed by atoms with E-state index in [1.807, 2.05) is 6.20 Å². The average molecular weight is 408 g/mol. The van der Waals surface area contributed by atoms with Crippen LogP contribution in [-0.2, 0) is 0 Å². The van der Waals surface area contributed by atoms with Crippen LogP contribution in [0, 0.1) is 12.8 Å². The van der Waals surface area contributed by atoms with Gasteiger partial charge in [0.25, 0.3) is 0 Å². The molecule has 2 N–H and O–H groups in total. The summed E-state index contributed by atoms with van der Waals surface area (Å²) in [4.78, 5) is 12.4. The number of guanidine groups is 1. The minimum absolute atomic E-state index is 0. The van der Waals surface area contributed by atoms with Gasteiger partial charge in [-0.3, -0.25) is 4.99 Å². The van der Waals surface area contributed by atoms with Crippen LogP contribution >= 0.6 is 35.3 Å². The molecule has 1 aromatic heterocycles. The summed E-state index contributed by atoms with van der Waals surface area (Å²) in [6, 6.07) is 0. The summed E-state index contributed by atoms with van der Waals surface area (Å²) in [6.07, 6.45) is 4.45. The Labute approximate surface area is 142 Å². The molecule has 1 aromatic rings. The second-order valence-corrected chi connectivity index (χ2v) is 6.87. The molecule has 0 aromatic carbocycles. The molecule has 20 heavy (non-hydrogen) atoms. The lowest BCUT2D eigenvalue weighted by atomic mass is 10.0. The van der Waals surface area contributed by atoms with Gasteiger partial charge in [-0.1, -0.05) is 13.8 Å². The van der Waals surface area contributed by atoms with E-state index in [4.69, 9.17) is 5.73 Å². The van der Waals surface area contributed by atoms with Gasteiger partial charge in [-0.2, -0.15) is 0 Å². The van der Waals surface area contributed by atoms with Crippen molar-refractivity contribution in [1.29, 1.82) is 0 Å². The summed E-state index contributed by atoms with van der Waals surface area (Å²) in [5.41, 5.74) is 6.10. The molecule has 2 heterocycles. The van der Waals surface area contributed by atoms with Gasteiger partial charge < -0.3 is 10.6 Å². The second kappa shape index (κ2) is 8.17. The van der Waals surface area contributed by atoms with Gasteiger partial charge in [-0.15, -0.1) is 35.3 Å². The minimum Gasteiger partial charge on any atom is -0.370 e. The van der Waals surface area contributed by atoms with Gasteiger partial charge in [0, 0.05) is 30.1 Å². The third-order valence-electron chi connectivity index (χ3n) is 3.57. The highest BCUT2D eigenvalue weighted by Gasteiger charge is 2.18.